The zero-order valence-electron chi connectivity index (χ0n) is 12.4. The maximum atomic E-state index is 12.3. The van der Waals surface area contributed by atoms with Crippen molar-refractivity contribution in [1.29, 1.82) is 0 Å². The number of hydrogen-bond donors (Lipinski definition) is 1. The number of carbonyl (C=O) groups is 2. The zero-order valence-corrected chi connectivity index (χ0v) is 14.0. The molecule has 0 spiro atoms. The lowest BCUT2D eigenvalue weighted by atomic mass is 9.99. The molecule has 0 aromatic carbocycles. The van der Waals surface area contributed by atoms with Crippen LogP contribution in [0, 0.1) is 5.92 Å². The molecule has 1 aromatic rings. The third-order valence-electron chi connectivity index (χ3n) is 3.53. The summed E-state index contributed by atoms with van der Waals surface area (Å²) in [6.07, 6.45) is 2.40. The summed E-state index contributed by atoms with van der Waals surface area (Å²) < 4.78 is 29.1. The standard InChI is InChI=1S/C13H18N2O5S2/c1-20-13(17)10-5-7-21-12(10)14-11(16)9-4-3-6-15(8-9)22(2,18)19/h5,7,9H,3-4,6,8H2,1-2H3,(H,14,16). The van der Waals surface area contributed by atoms with Crippen molar-refractivity contribution in [2.45, 2.75) is 12.8 Å². The van der Waals surface area contributed by atoms with Crippen LogP contribution in [0.15, 0.2) is 11.4 Å². The van der Waals surface area contributed by atoms with E-state index in [1.807, 2.05) is 0 Å². The topological polar surface area (TPSA) is 92.8 Å². The summed E-state index contributed by atoms with van der Waals surface area (Å²) in [4.78, 5) is 23.9. The molecular weight excluding hydrogens is 328 g/mol. The van der Waals surface area contributed by atoms with Gasteiger partial charge in [0.15, 0.2) is 0 Å². The van der Waals surface area contributed by atoms with Gasteiger partial charge in [0.25, 0.3) is 0 Å². The van der Waals surface area contributed by atoms with E-state index in [1.165, 1.54) is 22.8 Å². The SMILES string of the molecule is COC(=O)c1ccsc1NC(=O)C1CCCN(S(C)(=O)=O)C1. The first kappa shape index (κ1) is 16.9. The van der Waals surface area contributed by atoms with E-state index in [1.54, 1.807) is 11.4 Å². The quantitative estimate of drug-likeness (QED) is 0.826. The van der Waals surface area contributed by atoms with Crippen LogP contribution in [0.25, 0.3) is 0 Å². The second-order valence-corrected chi connectivity index (χ2v) is 8.00. The summed E-state index contributed by atoms with van der Waals surface area (Å²) in [7, 11) is -2.02. The fourth-order valence-corrected chi connectivity index (χ4v) is 4.04. The van der Waals surface area contributed by atoms with Gasteiger partial charge in [0.2, 0.25) is 15.9 Å². The van der Waals surface area contributed by atoms with Crippen LogP contribution in [0.1, 0.15) is 23.2 Å². The van der Waals surface area contributed by atoms with Gasteiger partial charge in [-0.05, 0) is 24.3 Å². The minimum Gasteiger partial charge on any atom is -0.465 e. The normalized spacial score (nSPS) is 19.6. The van der Waals surface area contributed by atoms with Crippen molar-refractivity contribution in [3.63, 3.8) is 0 Å². The van der Waals surface area contributed by atoms with Crippen LogP contribution in [0.4, 0.5) is 5.00 Å². The predicted molar refractivity (Wildman–Crippen MR) is 83.4 cm³/mol. The van der Waals surface area contributed by atoms with Crippen molar-refractivity contribution in [3.8, 4) is 0 Å². The largest absolute Gasteiger partial charge is 0.465 e. The minimum absolute atomic E-state index is 0.170. The smallest absolute Gasteiger partial charge is 0.340 e. The highest BCUT2D eigenvalue weighted by Gasteiger charge is 2.30. The van der Waals surface area contributed by atoms with E-state index < -0.39 is 21.9 Å². The van der Waals surface area contributed by atoms with Gasteiger partial charge in [0.05, 0.1) is 24.8 Å². The molecule has 2 rings (SSSR count). The third-order valence-corrected chi connectivity index (χ3v) is 5.63. The van der Waals surface area contributed by atoms with E-state index >= 15 is 0 Å². The number of esters is 1. The van der Waals surface area contributed by atoms with Gasteiger partial charge in [-0.3, -0.25) is 4.79 Å². The predicted octanol–water partition coefficient (Wildman–Crippen LogP) is 1.14. The van der Waals surface area contributed by atoms with Crippen molar-refractivity contribution in [1.82, 2.24) is 4.31 Å². The van der Waals surface area contributed by atoms with Gasteiger partial charge in [-0.15, -0.1) is 11.3 Å². The number of thiophene rings is 1. The summed E-state index contributed by atoms with van der Waals surface area (Å²) in [5.74, 6) is -1.21. The first-order chi connectivity index (χ1) is 10.3. The highest BCUT2D eigenvalue weighted by atomic mass is 32.2. The number of nitrogens with one attached hydrogen (secondary N) is 1. The number of hydrogen-bond acceptors (Lipinski definition) is 6. The molecule has 1 aliphatic heterocycles. The second kappa shape index (κ2) is 6.76. The van der Waals surface area contributed by atoms with E-state index in [9.17, 15) is 18.0 Å². The molecule has 1 aliphatic rings. The van der Waals surface area contributed by atoms with Crippen LogP contribution in [0.2, 0.25) is 0 Å². The molecule has 1 saturated heterocycles. The lowest BCUT2D eigenvalue weighted by Gasteiger charge is -2.30. The van der Waals surface area contributed by atoms with Crippen molar-refractivity contribution in [3.05, 3.63) is 17.0 Å². The van der Waals surface area contributed by atoms with Gasteiger partial charge in [-0.1, -0.05) is 0 Å². The lowest BCUT2D eigenvalue weighted by Crippen LogP contribution is -2.43. The molecule has 1 atom stereocenters. The molecule has 7 nitrogen and oxygen atoms in total. The monoisotopic (exact) mass is 346 g/mol. The van der Waals surface area contributed by atoms with Gasteiger partial charge in [0.1, 0.15) is 5.00 Å². The van der Waals surface area contributed by atoms with Gasteiger partial charge in [0, 0.05) is 13.1 Å². The molecule has 0 aliphatic carbocycles. The molecule has 2 heterocycles. The Morgan fingerprint density at radius 2 is 2.18 bits per heavy atom. The van der Waals surface area contributed by atoms with Crippen LogP contribution in [-0.2, 0) is 19.6 Å². The van der Waals surface area contributed by atoms with Crippen LogP contribution in [-0.4, -0.2) is 51.1 Å². The molecular formula is C13H18N2O5S2. The van der Waals surface area contributed by atoms with E-state index in [-0.39, 0.29) is 12.5 Å². The molecule has 1 amide bonds. The number of piperidine rings is 1. The Hall–Kier alpha value is -1.45. The Labute approximate surface area is 133 Å². The molecule has 22 heavy (non-hydrogen) atoms. The number of rotatable bonds is 4. The van der Waals surface area contributed by atoms with Gasteiger partial charge >= 0.3 is 5.97 Å². The average Bonchev–Trinajstić information content (AvgIpc) is 2.93. The van der Waals surface area contributed by atoms with Crippen LogP contribution in [0.5, 0.6) is 0 Å². The average molecular weight is 346 g/mol. The maximum absolute atomic E-state index is 12.3. The number of amides is 1. The highest BCUT2D eigenvalue weighted by molar-refractivity contribution is 7.88. The summed E-state index contributed by atoms with van der Waals surface area (Å²) in [6, 6.07) is 1.58. The fourth-order valence-electron chi connectivity index (χ4n) is 2.35. The van der Waals surface area contributed by atoms with E-state index in [4.69, 9.17) is 0 Å². The number of carbonyl (C=O) groups excluding carboxylic acids is 2. The Bertz CT molecular complexity index is 668. The molecule has 9 heteroatoms. The van der Waals surface area contributed by atoms with Crippen molar-refractivity contribution in [2.24, 2.45) is 5.92 Å². The number of sulfonamides is 1. The molecule has 1 fully saturated rings. The van der Waals surface area contributed by atoms with Crippen molar-refractivity contribution < 1.29 is 22.7 Å². The van der Waals surface area contributed by atoms with Gasteiger partial charge in [-0.25, -0.2) is 17.5 Å². The van der Waals surface area contributed by atoms with E-state index in [0.717, 1.165) is 6.26 Å². The van der Waals surface area contributed by atoms with Crippen LogP contribution >= 0.6 is 11.3 Å². The van der Waals surface area contributed by atoms with Gasteiger partial charge in [-0.2, -0.15) is 0 Å². The first-order valence-corrected chi connectivity index (χ1v) is 9.47. The van der Waals surface area contributed by atoms with E-state index in [0.29, 0.717) is 30.0 Å². The summed E-state index contributed by atoms with van der Waals surface area (Å²) >= 11 is 1.23. The maximum Gasteiger partial charge on any atom is 0.340 e. The molecule has 1 unspecified atom stereocenters. The Balaban J connectivity index is 2.06. The van der Waals surface area contributed by atoms with Crippen LogP contribution < -0.4 is 5.32 Å². The molecule has 1 N–H and O–H groups in total. The first-order valence-electron chi connectivity index (χ1n) is 6.74. The summed E-state index contributed by atoms with van der Waals surface area (Å²) in [5.41, 5.74) is 0.302. The zero-order chi connectivity index (χ0) is 16.3. The van der Waals surface area contributed by atoms with Gasteiger partial charge < -0.3 is 10.1 Å². The minimum atomic E-state index is -3.30. The Morgan fingerprint density at radius 3 is 2.82 bits per heavy atom. The van der Waals surface area contributed by atoms with Crippen LogP contribution in [0.3, 0.4) is 0 Å². The van der Waals surface area contributed by atoms with Crippen molar-refractivity contribution >= 4 is 38.2 Å². The summed E-state index contributed by atoms with van der Waals surface area (Å²) in [6.45, 7) is 0.610. The number of nitrogens with zero attached hydrogens (tertiary/aromatic N) is 1. The third kappa shape index (κ3) is 3.84. The molecule has 1 aromatic heterocycles. The number of methoxy groups -OCH3 is 1. The fraction of sp³-hybridized carbons (Fsp3) is 0.538. The summed E-state index contributed by atoms with van der Waals surface area (Å²) in [5, 5.41) is 4.82. The Morgan fingerprint density at radius 1 is 1.45 bits per heavy atom. The highest BCUT2D eigenvalue weighted by Crippen LogP contribution is 2.26. The number of ether oxygens (including phenoxy) is 1. The van der Waals surface area contributed by atoms with Crippen molar-refractivity contribution in [2.75, 3.05) is 31.8 Å². The second-order valence-electron chi connectivity index (χ2n) is 5.10. The molecule has 0 bridgehead atoms. The molecule has 0 radical (unpaired) electrons. The molecule has 0 saturated carbocycles. The molecule has 122 valence electrons. The number of anilines is 1. The Kier molecular flexibility index (Phi) is 5.20. The lowest BCUT2D eigenvalue weighted by molar-refractivity contribution is -0.120. The van der Waals surface area contributed by atoms with E-state index in [2.05, 4.69) is 10.1 Å².